The Kier molecular flexibility index (Phi) is 3.71. The number of hydrogen-bond donors (Lipinski definition) is 0. The quantitative estimate of drug-likeness (QED) is 0.319. The van der Waals surface area contributed by atoms with E-state index in [1.54, 1.807) is 23.9 Å². The summed E-state index contributed by atoms with van der Waals surface area (Å²) < 4.78 is 0. The Bertz CT molecular complexity index is 303. The molecule has 0 fully saturated rings. The lowest BCUT2D eigenvalue weighted by molar-refractivity contribution is -0.107. The first kappa shape index (κ1) is 9.99. The molecule has 2 nitrogen and oxygen atoms in total. The molecular formula is C10H10O2S. The fourth-order valence-electron chi connectivity index (χ4n) is 0.970. The second kappa shape index (κ2) is 4.82. The largest absolute Gasteiger partial charge is 0.303 e. The fourth-order valence-corrected chi connectivity index (χ4v) is 1.38. The van der Waals surface area contributed by atoms with Gasteiger partial charge in [0.15, 0.2) is 5.78 Å². The maximum atomic E-state index is 11.2. The minimum Gasteiger partial charge on any atom is -0.303 e. The molecule has 0 amide bonds. The van der Waals surface area contributed by atoms with E-state index in [1.807, 2.05) is 18.4 Å². The third-order valence-electron chi connectivity index (χ3n) is 1.68. The van der Waals surface area contributed by atoms with Crippen LogP contribution >= 0.6 is 11.8 Å². The summed E-state index contributed by atoms with van der Waals surface area (Å²) in [7, 11) is 0. The minimum absolute atomic E-state index is 0.0292. The summed E-state index contributed by atoms with van der Waals surface area (Å²) in [6, 6.07) is 7.25. The highest BCUT2D eigenvalue weighted by atomic mass is 32.2. The zero-order chi connectivity index (χ0) is 9.68. The van der Waals surface area contributed by atoms with E-state index in [-0.39, 0.29) is 12.2 Å². The van der Waals surface area contributed by atoms with Gasteiger partial charge in [-0.25, -0.2) is 0 Å². The van der Waals surface area contributed by atoms with Crippen molar-refractivity contribution in [3.63, 3.8) is 0 Å². The Labute approximate surface area is 81.3 Å². The molecule has 13 heavy (non-hydrogen) atoms. The Morgan fingerprint density at radius 3 is 2.46 bits per heavy atom. The molecule has 1 rings (SSSR count). The average molecular weight is 194 g/mol. The summed E-state index contributed by atoms with van der Waals surface area (Å²) >= 11 is 1.62. The second-order valence-corrected chi connectivity index (χ2v) is 3.40. The van der Waals surface area contributed by atoms with Crippen molar-refractivity contribution in [1.29, 1.82) is 0 Å². The summed E-state index contributed by atoms with van der Waals surface area (Å²) in [5.74, 6) is -0.123. The van der Waals surface area contributed by atoms with Crippen LogP contribution in [0.1, 0.15) is 16.8 Å². The zero-order valence-corrected chi connectivity index (χ0v) is 8.14. The molecule has 1 aromatic rings. The van der Waals surface area contributed by atoms with Crippen LogP contribution in [0.15, 0.2) is 29.2 Å². The van der Waals surface area contributed by atoms with Crippen LogP contribution in [0.5, 0.6) is 0 Å². The summed E-state index contributed by atoms with van der Waals surface area (Å²) in [4.78, 5) is 22.4. The number of hydrogen-bond acceptors (Lipinski definition) is 3. The molecule has 0 saturated carbocycles. The predicted octanol–water partition coefficient (Wildman–Crippen LogP) is 2.18. The zero-order valence-electron chi connectivity index (χ0n) is 7.32. The Balaban J connectivity index is 2.79. The van der Waals surface area contributed by atoms with Crippen molar-refractivity contribution in [2.45, 2.75) is 11.3 Å². The average Bonchev–Trinajstić information content (AvgIpc) is 2.18. The molecule has 0 aliphatic carbocycles. The molecule has 0 aliphatic heterocycles. The standard InChI is InChI=1S/C10H10O2S/c1-13-9-4-2-8(3-5-9)10(12)6-7-11/h2-5,7H,6H2,1H3. The highest BCUT2D eigenvalue weighted by molar-refractivity contribution is 7.98. The van der Waals surface area contributed by atoms with Gasteiger partial charge in [0, 0.05) is 10.5 Å². The number of carbonyl (C=O) groups is 2. The number of carbonyl (C=O) groups excluding carboxylic acids is 2. The molecule has 0 atom stereocenters. The summed E-state index contributed by atoms with van der Waals surface area (Å²) in [6.07, 6.45) is 2.58. The number of Topliss-reactive ketones (excluding diaryl/α,β-unsaturated/α-hetero) is 1. The van der Waals surface area contributed by atoms with Crippen molar-refractivity contribution in [2.75, 3.05) is 6.26 Å². The fraction of sp³-hybridized carbons (Fsp3) is 0.200. The van der Waals surface area contributed by atoms with Crippen LogP contribution in [0.4, 0.5) is 0 Å². The normalized spacial score (nSPS) is 9.62. The van der Waals surface area contributed by atoms with Gasteiger partial charge in [0.25, 0.3) is 0 Å². The van der Waals surface area contributed by atoms with Crippen LogP contribution in [0, 0.1) is 0 Å². The number of benzene rings is 1. The molecule has 1 aromatic carbocycles. The van der Waals surface area contributed by atoms with Crippen LogP contribution in [-0.2, 0) is 4.79 Å². The lowest BCUT2D eigenvalue weighted by Gasteiger charge is -1.98. The van der Waals surface area contributed by atoms with E-state index in [0.29, 0.717) is 11.8 Å². The van der Waals surface area contributed by atoms with Crippen LogP contribution in [0.25, 0.3) is 0 Å². The van der Waals surface area contributed by atoms with Crippen LogP contribution in [-0.4, -0.2) is 18.3 Å². The highest BCUT2D eigenvalue weighted by Crippen LogP contribution is 2.15. The molecule has 0 aromatic heterocycles. The van der Waals surface area contributed by atoms with E-state index in [2.05, 4.69) is 0 Å². The SMILES string of the molecule is CSc1ccc(C(=O)CC=O)cc1. The second-order valence-electron chi connectivity index (χ2n) is 2.52. The van der Waals surface area contributed by atoms with Crippen molar-refractivity contribution in [3.8, 4) is 0 Å². The number of rotatable bonds is 4. The first-order valence-electron chi connectivity index (χ1n) is 3.89. The van der Waals surface area contributed by atoms with Gasteiger partial charge in [-0.3, -0.25) is 4.79 Å². The number of aldehydes is 1. The van der Waals surface area contributed by atoms with E-state index in [9.17, 15) is 9.59 Å². The predicted molar refractivity (Wildman–Crippen MR) is 53.2 cm³/mol. The van der Waals surface area contributed by atoms with Crippen molar-refractivity contribution < 1.29 is 9.59 Å². The molecule has 0 aliphatic rings. The summed E-state index contributed by atoms with van der Waals surface area (Å²) in [6.45, 7) is 0. The van der Waals surface area contributed by atoms with E-state index < -0.39 is 0 Å². The van der Waals surface area contributed by atoms with Gasteiger partial charge in [0.2, 0.25) is 0 Å². The smallest absolute Gasteiger partial charge is 0.169 e. The van der Waals surface area contributed by atoms with Crippen molar-refractivity contribution in [3.05, 3.63) is 29.8 Å². The molecule has 3 heteroatoms. The molecule has 0 spiro atoms. The minimum atomic E-state index is -0.123. The van der Waals surface area contributed by atoms with E-state index >= 15 is 0 Å². The Hall–Kier alpha value is -1.09. The van der Waals surface area contributed by atoms with Gasteiger partial charge in [0.1, 0.15) is 6.29 Å². The summed E-state index contributed by atoms with van der Waals surface area (Å²) in [5, 5.41) is 0. The van der Waals surface area contributed by atoms with Gasteiger partial charge in [-0.15, -0.1) is 11.8 Å². The number of thioether (sulfide) groups is 1. The molecule has 0 unspecified atom stereocenters. The van der Waals surface area contributed by atoms with Gasteiger partial charge in [-0.05, 0) is 18.4 Å². The Morgan fingerprint density at radius 1 is 1.38 bits per heavy atom. The molecule has 68 valence electrons. The van der Waals surface area contributed by atoms with Gasteiger partial charge in [-0.2, -0.15) is 0 Å². The first-order valence-corrected chi connectivity index (χ1v) is 5.11. The maximum Gasteiger partial charge on any atom is 0.169 e. The highest BCUT2D eigenvalue weighted by Gasteiger charge is 2.03. The molecular weight excluding hydrogens is 184 g/mol. The van der Waals surface area contributed by atoms with Crippen LogP contribution in [0.2, 0.25) is 0 Å². The van der Waals surface area contributed by atoms with Gasteiger partial charge >= 0.3 is 0 Å². The van der Waals surface area contributed by atoms with Crippen molar-refractivity contribution in [1.82, 2.24) is 0 Å². The van der Waals surface area contributed by atoms with Crippen molar-refractivity contribution in [2.24, 2.45) is 0 Å². The van der Waals surface area contributed by atoms with E-state index in [4.69, 9.17) is 0 Å². The molecule has 0 N–H and O–H groups in total. The Morgan fingerprint density at radius 2 is 2.00 bits per heavy atom. The first-order chi connectivity index (χ1) is 6.27. The molecule has 0 saturated heterocycles. The van der Waals surface area contributed by atoms with Crippen molar-refractivity contribution >= 4 is 23.8 Å². The van der Waals surface area contributed by atoms with E-state index in [0.717, 1.165) is 4.90 Å². The van der Waals surface area contributed by atoms with Crippen LogP contribution < -0.4 is 0 Å². The maximum absolute atomic E-state index is 11.2. The van der Waals surface area contributed by atoms with Gasteiger partial charge in [0.05, 0.1) is 6.42 Å². The topological polar surface area (TPSA) is 34.1 Å². The van der Waals surface area contributed by atoms with Crippen LogP contribution in [0.3, 0.4) is 0 Å². The third kappa shape index (κ3) is 2.70. The lowest BCUT2D eigenvalue weighted by atomic mass is 10.1. The molecule has 0 heterocycles. The third-order valence-corrected chi connectivity index (χ3v) is 2.42. The lowest BCUT2D eigenvalue weighted by Crippen LogP contribution is -1.98. The molecule has 0 radical (unpaired) electrons. The number of ketones is 1. The monoisotopic (exact) mass is 194 g/mol. The van der Waals surface area contributed by atoms with Gasteiger partial charge in [-0.1, -0.05) is 12.1 Å². The molecule has 0 bridgehead atoms. The summed E-state index contributed by atoms with van der Waals surface area (Å²) in [5.41, 5.74) is 0.602. The van der Waals surface area contributed by atoms with E-state index in [1.165, 1.54) is 0 Å². The van der Waals surface area contributed by atoms with Gasteiger partial charge < -0.3 is 4.79 Å².